The molecule has 1 aromatic rings. The molecule has 0 radical (unpaired) electrons. The van der Waals surface area contributed by atoms with Crippen molar-refractivity contribution >= 4 is 5.91 Å². The maximum absolute atomic E-state index is 12.2. The van der Waals surface area contributed by atoms with Gasteiger partial charge in [0.05, 0.1) is 17.2 Å². The number of aliphatic hydroxyl groups excluding tert-OH is 1. The number of amides is 1. The van der Waals surface area contributed by atoms with Crippen molar-refractivity contribution in [3.8, 4) is 0 Å². The predicted octanol–water partition coefficient (Wildman–Crippen LogP) is 1.39. The molecule has 1 unspecified atom stereocenters. The second kappa shape index (κ2) is 3.94. The molecule has 0 bridgehead atoms. The number of carbonyl (C=O) groups is 1. The van der Waals surface area contributed by atoms with Crippen LogP contribution < -0.4 is 0 Å². The summed E-state index contributed by atoms with van der Waals surface area (Å²) in [5, 5.41) is 9.95. The van der Waals surface area contributed by atoms with Crippen LogP contribution in [0.1, 0.15) is 37.0 Å². The number of H-pyrrole nitrogens is 1. The van der Waals surface area contributed by atoms with Crippen molar-refractivity contribution in [3.63, 3.8) is 0 Å². The minimum absolute atomic E-state index is 0.00926. The molecule has 0 aliphatic carbocycles. The molecule has 0 saturated carbocycles. The van der Waals surface area contributed by atoms with Crippen molar-refractivity contribution in [2.75, 3.05) is 6.54 Å². The van der Waals surface area contributed by atoms with Crippen LogP contribution in [0.3, 0.4) is 0 Å². The normalized spacial score (nSPS) is 24.4. The molecule has 4 heteroatoms. The Hall–Kier alpha value is -1.29. The summed E-state index contributed by atoms with van der Waals surface area (Å²) in [6.07, 6.45) is 4.62. The Morgan fingerprint density at radius 2 is 2.38 bits per heavy atom. The van der Waals surface area contributed by atoms with Crippen molar-refractivity contribution in [1.29, 1.82) is 0 Å². The molecule has 1 saturated heterocycles. The Morgan fingerprint density at radius 1 is 1.62 bits per heavy atom. The summed E-state index contributed by atoms with van der Waals surface area (Å²) in [7, 11) is 0. The molecule has 88 valence electrons. The number of aromatic nitrogens is 1. The van der Waals surface area contributed by atoms with Gasteiger partial charge in [0.25, 0.3) is 5.91 Å². The van der Waals surface area contributed by atoms with Crippen LogP contribution in [0.25, 0.3) is 0 Å². The van der Waals surface area contributed by atoms with Gasteiger partial charge in [0.2, 0.25) is 0 Å². The van der Waals surface area contributed by atoms with E-state index in [1.54, 1.807) is 23.4 Å². The lowest BCUT2D eigenvalue weighted by Crippen LogP contribution is -2.58. The smallest absolute Gasteiger partial charge is 0.255 e. The summed E-state index contributed by atoms with van der Waals surface area (Å²) in [4.78, 5) is 16.9. The van der Waals surface area contributed by atoms with E-state index in [4.69, 9.17) is 0 Å². The summed E-state index contributed by atoms with van der Waals surface area (Å²) >= 11 is 0. The van der Waals surface area contributed by atoms with Crippen molar-refractivity contribution in [2.45, 2.75) is 38.3 Å². The van der Waals surface area contributed by atoms with E-state index in [1.165, 1.54) is 0 Å². The zero-order valence-electron chi connectivity index (χ0n) is 9.73. The quantitative estimate of drug-likeness (QED) is 0.754. The zero-order chi connectivity index (χ0) is 11.8. The lowest BCUT2D eigenvalue weighted by atomic mass is 9.87. The zero-order valence-corrected chi connectivity index (χ0v) is 9.73. The Balaban J connectivity index is 2.23. The average molecular weight is 222 g/mol. The fourth-order valence-corrected chi connectivity index (χ4v) is 2.24. The van der Waals surface area contributed by atoms with Gasteiger partial charge < -0.3 is 15.0 Å². The van der Waals surface area contributed by atoms with Gasteiger partial charge in [-0.25, -0.2) is 0 Å². The van der Waals surface area contributed by atoms with Crippen molar-refractivity contribution in [1.82, 2.24) is 9.88 Å². The minimum Gasteiger partial charge on any atom is -0.391 e. The number of hydrogen-bond acceptors (Lipinski definition) is 2. The van der Waals surface area contributed by atoms with Crippen molar-refractivity contribution in [2.24, 2.45) is 0 Å². The van der Waals surface area contributed by atoms with Crippen LogP contribution in [0.2, 0.25) is 0 Å². The second-order valence-corrected chi connectivity index (χ2v) is 4.87. The average Bonchev–Trinajstić information content (AvgIpc) is 2.74. The van der Waals surface area contributed by atoms with Crippen LogP contribution in [0.5, 0.6) is 0 Å². The van der Waals surface area contributed by atoms with E-state index in [2.05, 4.69) is 4.98 Å². The topological polar surface area (TPSA) is 56.3 Å². The maximum Gasteiger partial charge on any atom is 0.255 e. The molecule has 1 amide bonds. The number of hydrogen-bond donors (Lipinski definition) is 2. The first-order chi connectivity index (χ1) is 7.53. The van der Waals surface area contributed by atoms with Crippen LogP contribution in [0, 0.1) is 0 Å². The highest BCUT2D eigenvalue weighted by atomic mass is 16.3. The number of rotatable bonds is 1. The number of aromatic amines is 1. The van der Waals surface area contributed by atoms with Gasteiger partial charge in [0.1, 0.15) is 0 Å². The maximum atomic E-state index is 12.2. The third kappa shape index (κ3) is 1.73. The molecule has 0 spiro atoms. The van der Waals surface area contributed by atoms with Gasteiger partial charge in [0, 0.05) is 18.9 Å². The predicted molar refractivity (Wildman–Crippen MR) is 61.1 cm³/mol. The standard InChI is InChI=1S/C12H18N2O2/c1-12(2)10(15)4-3-7-14(12)11(16)9-5-6-13-8-9/h5-6,8,10,13,15H,3-4,7H2,1-2H3. The van der Waals surface area contributed by atoms with Gasteiger partial charge in [-0.2, -0.15) is 0 Å². The van der Waals surface area contributed by atoms with Crippen molar-refractivity contribution < 1.29 is 9.90 Å². The molecular formula is C12H18N2O2. The summed E-state index contributed by atoms with van der Waals surface area (Å²) in [6, 6.07) is 1.76. The molecule has 1 fully saturated rings. The Morgan fingerprint density at radius 3 is 3.00 bits per heavy atom. The van der Waals surface area contributed by atoms with Crippen LogP contribution >= 0.6 is 0 Å². The molecular weight excluding hydrogens is 204 g/mol. The number of aliphatic hydroxyl groups is 1. The first-order valence-corrected chi connectivity index (χ1v) is 5.66. The third-order valence-corrected chi connectivity index (χ3v) is 3.46. The second-order valence-electron chi connectivity index (χ2n) is 4.87. The van der Waals surface area contributed by atoms with E-state index >= 15 is 0 Å². The summed E-state index contributed by atoms with van der Waals surface area (Å²) in [5.74, 6) is -0.00926. The van der Waals surface area contributed by atoms with E-state index in [0.29, 0.717) is 12.1 Å². The number of likely N-dealkylation sites (tertiary alicyclic amines) is 1. The molecule has 0 aromatic carbocycles. The van der Waals surface area contributed by atoms with Crippen LogP contribution in [-0.2, 0) is 0 Å². The third-order valence-electron chi connectivity index (χ3n) is 3.46. The number of piperidine rings is 1. The lowest BCUT2D eigenvalue weighted by molar-refractivity contribution is -0.0307. The molecule has 1 atom stereocenters. The molecule has 2 heterocycles. The van der Waals surface area contributed by atoms with Gasteiger partial charge in [-0.05, 0) is 32.8 Å². The Bertz CT molecular complexity index is 370. The van der Waals surface area contributed by atoms with Gasteiger partial charge in [-0.15, -0.1) is 0 Å². The summed E-state index contributed by atoms with van der Waals surface area (Å²) in [6.45, 7) is 4.55. The highest BCUT2D eigenvalue weighted by Gasteiger charge is 2.40. The van der Waals surface area contributed by atoms with Gasteiger partial charge in [-0.3, -0.25) is 4.79 Å². The SMILES string of the molecule is CC1(C)C(O)CCCN1C(=O)c1cc[nH]c1. The van der Waals surface area contributed by atoms with Crippen molar-refractivity contribution in [3.05, 3.63) is 24.0 Å². The number of nitrogens with zero attached hydrogens (tertiary/aromatic N) is 1. The molecule has 1 aromatic heterocycles. The summed E-state index contributed by atoms with van der Waals surface area (Å²) in [5.41, 5.74) is 0.175. The first kappa shape index (κ1) is 11.2. The van der Waals surface area contributed by atoms with Gasteiger partial charge >= 0.3 is 0 Å². The van der Waals surface area contributed by atoms with E-state index in [0.717, 1.165) is 12.8 Å². The molecule has 1 aliphatic rings. The van der Waals surface area contributed by atoms with Crippen LogP contribution in [0.15, 0.2) is 18.5 Å². The van der Waals surface area contributed by atoms with E-state index in [9.17, 15) is 9.90 Å². The van der Waals surface area contributed by atoms with E-state index < -0.39 is 11.6 Å². The Labute approximate surface area is 95.3 Å². The Kier molecular flexibility index (Phi) is 2.76. The number of nitrogens with one attached hydrogen (secondary N) is 1. The monoisotopic (exact) mass is 222 g/mol. The molecule has 16 heavy (non-hydrogen) atoms. The molecule has 2 rings (SSSR count). The minimum atomic E-state index is -0.480. The van der Waals surface area contributed by atoms with Gasteiger partial charge in [0.15, 0.2) is 0 Å². The van der Waals surface area contributed by atoms with E-state index in [-0.39, 0.29) is 5.91 Å². The fourth-order valence-electron chi connectivity index (χ4n) is 2.24. The van der Waals surface area contributed by atoms with Crippen LogP contribution in [0.4, 0.5) is 0 Å². The van der Waals surface area contributed by atoms with Gasteiger partial charge in [-0.1, -0.05) is 0 Å². The fraction of sp³-hybridized carbons (Fsp3) is 0.583. The highest BCUT2D eigenvalue weighted by Crippen LogP contribution is 2.29. The largest absolute Gasteiger partial charge is 0.391 e. The molecule has 1 aliphatic heterocycles. The molecule has 4 nitrogen and oxygen atoms in total. The number of carbonyl (C=O) groups excluding carboxylic acids is 1. The highest BCUT2D eigenvalue weighted by molar-refractivity contribution is 5.94. The van der Waals surface area contributed by atoms with Crippen LogP contribution in [-0.4, -0.2) is 39.1 Å². The van der Waals surface area contributed by atoms with E-state index in [1.807, 2.05) is 13.8 Å². The first-order valence-electron chi connectivity index (χ1n) is 5.66. The lowest BCUT2D eigenvalue weighted by Gasteiger charge is -2.45. The summed E-state index contributed by atoms with van der Waals surface area (Å²) < 4.78 is 0. The molecule has 2 N–H and O–H groups in total.